The number of alkyl halides is 2. The molecule has 0 amide bonds. The molecule has 1 aromatic rings. The molecule has 1 saturated carbocycles. The molecule has 0 spiro atoms. The molecule has 0 aromatic heterocycles. The molecule has 1 fully saturated rings. The molecule has 3 N–H and O–H groups in total. The van der Waals surface area contributed by atoms with Crippen LogP contribution in [0.2, 0.25) is 0 Å². The van der Waals surface area contributed by atoms with Crippen molar-refractivity contribution < 1.29 is 17.9 Å². The van der Waals surface area contributed by atoms with Gasteiger partial charge in [-0.15, -0.1) is 0 Å². The topological polar surface area (TPSA) is 47.3 Å². The van der Waals surface area contributed by atoms with Gasteiger partial charge in [-0.25, -0.2) is 4.39 Å². The summed E-state index contributed by atoms with van der Waals surface area (Å²) in [5, 5.41) is 3.69. The van der Waals surface area contributed by atoms with Crippen LogP contribution < -0.4 is 15.8 Å². The van der Waals surface area contributed by atoms with E-state index in [-0.39, 0.29) is 11.7 Å². The number of halogens is 3. The Morgan fingerprint density at radius 2 is 2.05 bits per heavy atom. The Kier molecular flexibility index (Phi) is 5.50. The van der Waals surface area contributed by atoms with Gasteiger partial charge in [0, 0.05) is 23.4 Å². The highest BCUT2D eigenvalue weighted by Crippen LogP contribution is 2.34. The summed E-state index contributed by atoms with van der Waals surface area (Å²) in [5.74, 6) is -1.37. The predicted molar refractivity (Wildman–Crippen MR) is 80.6 cm³/mol. The van der Waals surface area contributed by atoms with Crippen molar-refractivity contribution in [3.8, 4) is 5.75 Å². The maximum Gasteiger partial charge on any atom is 0.387 e. The zero-order valence-electron chi connectivity index (χ0n) is 11.7. The minimum absolute atomic E-state index is 0.194. The molecule has 7 heteroatoms. The minimum atomic E-state index is -3.07. The van der Waals surface area contributed by atoms with Crippen molar-refractivity contribution in [3.63, 3.8) is 0 Å². The van der Waals surface area contributed by atoms with Gasteiger partial charge in [-0.1, -0.05) is 12.8 Å². The number of rotatable bonds is 5. The summed E-state index contributed by atoms with van der Waals surface area (Å²) < 4.78 is 42.2. The van der Waals surface area contributed by atoms with Crippen LogP contribution in [0, 0.1) is 5.82 Å². The van der Waals surface area contributed by atoms with Gasteiger partial charge in [0.2, 0.25) is 0 Å². The lowest BCUT2D eigenvalue weighted by Crippen LogP contribution is -2.34. The van der Waals surface area contributed by atoms with Crippen LogP contribution in [0.15, 0.2) is 12.1 Å². The number of nitrogen functional groups attached to an aromatic ring is 1. The number of thioether (sulfide) groups is 1. The average molecular weight is 320 g/mol. The molecule has 3 nitrogen and oxygen atoms in total. The highest BCUT2D eigenvalue weighted by Gasteiger charge is 2.25. The van der Waals surface area contributed by atoms with Gasteiger partial charge in [0.15, 0.2) is 11.6 Å². The van der Waals surface area contributed by atoms with E-state index in [1.54, 1.807) is 11.8 Å². The second kappa shape index (κ2) is 7.15. The smallest absolute Gasteiger partial charge is 0.387 e. The third kappa shape index (κ3) is 4.12. The molecule has 1 aliphatic rings. The molecular formula is C14H19F3N2OS. The van der Waals surface area contributed by atoms with Gasteiger partial charge >= 0.3 is 6.61 Å². The first-order valence-electron chi connectivity index (χ1n) is 6.84. The van der Waals surface area contributed by atoms with E-state index in [9.17, 15) is 13.2 Å². The summed E-state index contributed by atoms with van der Waals surface area (Å²) in [6, 6.07) is 2.42. The first kappa shape index (κ1) is 16.1. The number of ether oxygens (including phenoxy) is 1. The monoisotopic (exact) mass is 320 g/mol. The summed E-state index contributed by atoms with van der Waals surface area (Å²) in [7, 11) is 0. The van der Waals surface area contributed by atoms with E-state index < -0.39 is 18.2 Å². The van der Waals surface area contributed by atoms with Crippen LogP contribution in [0.25, 0.3) is 0 Å². The largest absolute Gasteiger partial charge is 0.432 e. The third-order valence-corrected chi connectivity index (χ3v) is 4.84. The fourth-order valence-electron chi connectivity index (χ4n) is 2.62. The summed E-state index contributed by atoms with van der Waals surface area (Å²) in [4.78, 5) is 0. The van der Waals surface area contributed by atoms with E-state index in [1.165, 1.54) is 12.5 Å². The Balaban J connectivity index is 2.18. The number of nitrogens with one attached hydrogen (secondary N) is 1. The van der Waals surface area contributed by atoms with Crippen molar-refractivity contribution >= 4 is 23.1 Å². The van der Waals surface area contributed by atoms with Crippen LogP contribution in [-0.2, 0) is 0 Å². The third-order valence-electron chi connectivity index (χ3n) is 3.67. The molecule has 0 aliphatic heterocycles. The Morgan fingerprint density at radius 1 is 1.33 bits per heavy atom. The summed E-state index contributed by atoms with van der Waals surface area (Å²) in [5.41, 5.74) is 6.41. The second-order valence-corrected chi connectivity index (χ2v) is 6.13. The Morgan fingerprint density at radius 3 is 2.71 bits per heavy atom. The molecule has 2 atom stereocenters. The van der Waals surface area contributed by atoms with Crippen LogP contribution in [0.3, 0.4) is 0 Å². The van der Waals surface area contributed by atoms with Crippen LogP contribution in [-0.4, -0.2) is 24.2 Å². The second-order valence-electron chi connectivity index (χ2n) is 5.06. The number of nitrogens with two attached hydrogens (primary N) is 1. The average Bonchev–Trinajstić information content (AvgIpc) is 2.44. The van der Waals surface area contributed by atoms with Crippen molar-refractivity contribution in [2.24, 2.45) is 0 Å². The molecule has 21 heavy (non-hydrogen) atoms. The molecule has 1 aromatic carbocycles. The quantitative estimate of drug-likeness (QED) is 0.802. The fourth-order valence-corrected chi connectivity index (χ4v) is 3.56. The van der Waals surface area contributed by atoms with E-state index in [2.05, 4.69) is 10.1 Å². The van der Waals surface area contributed by atoms with E-state index >= 15 is 0 Å². The summed E-state index contributed by atoms with van der Waals surface area (Å²) in [6.45, 7) is -3.07. The van der Waals surface area contributed by atoms with E-state index in [0.717, 1.165) is 25.3 Å². The maximum atomic E-state index is 13.5. The normalized spacial score (nSPS) is 22.3. The molecule has 118 valence electrons. The lowest BCUT2D eigenvalue weighted by atomic mass is 9.94. The number of hydrogen-bond donors (Lipinski definition) is 2. The SMILES string of the molecule is CSC1CCCCC1Nc1cc(OC(F)F)c(F)cc1N. The van der Waals surface area contributed by atoms with Crippen LogP contribution in [0.4, 0.5) is 24.5 Å². The molecular weight excluding hydrogens is 301 g/mol. The van der Waals surface area contributed by atoms with E-state index in [4.69, 9.17) is 5.73 Å². The first-order valence-corrected chi connectivity index (χ1v) is 8.13. The molecule has 0 radical (unpaired) electrons. The van der Waals surface area contributed by atoms with Crippen molar-refractivity contribution in [1.82, 2.24) is 0 Å². The molecule has 2 unspecified atom stereocenters. The maximum absolute atomic E-state index is 13.5. The van der Waals surface area contributed by atoms with E-state index in [1.807, 2.05) is 6.26 Å². The van der Waals surface area contributed by atoms with Gasteiger partial charge in [0.1, 0.15) is 0 Å². The van der Waals surface area contributed by atoms with E-state index in [0.29, 0.717) is 10.9 Å². The Labute approximate surface area is 126 Å². The van der Waals surface area contributed by atoms with Crippen molar-refractivity contribution in [1.29, 1.82) is 0 Å². The van der Waals surface area contributed by atoms with Crippen LogP contribution >= 0.6 is 11.8 Å². The molecule has 0 heterocycles. The zero-order chi connectivity index (χ0) is 15.4. The lowest BCUT2D eigenvalue weighted by Gasteiger charge is -2.32. The minimum Gasteiger partial charge on any atom is -0.432 e. The van der Waals surface area contributed by atoms with Gasteiger partial charge in [0.25, 0.3) is 0 Å². The van der Waals surface area contributed by atoms with Gasteiger partial charge in [0.05, 0.1) is 11.4 Å². The van der Waals surface area contributed by atoms with Crippen molar-refractivity contribution in [2.45, 2.75) is 43.6 Å². The first-order chi connectivity index (χ1) is 10.0. The predicted octanol–water partition coefficient (Wildman–Crippen LogP) is 4.10. The van der Waals surface area contributed by atoms with Crippen LogP contribution in [0.5, 0.6) is 5.75 Å². The zero-order valence-corrected chi connectivity index (χ0v) is 12.6. The number of anilines is 2. The fraction of sp³-hybridized carbons (Fsp3) is 0.571. The highest BCUT2D eigenvalue weighted by molar-refractivity contribution is 7.99. The molecule has 2 rings (SSSR count). The summed E-state index contributed by atoms with van der Waals surface area (Å²) in [6.07, 6.45) is 6.41. The van der Waals surface area contributed by atoms with Gasteiger partial charge in [-0.05, 0) is 19.1 Å². The molecule has 1 aliphatic carbocycles. The molecule has 0 saturated heterocycles. The van der Waals surface area contributed by atoms with Gasteiger partial charge < -0.3 is 15.8 Å². The Hall–Kier alpha value is -1.24. The number of benzene rings is 1. The standard InChI is InChI=1S/C14H19F3N2OS/c1-21-13-5-3-2-4-10(13)19-11-7-12(20-14(16)17)8(15)6-9(11)18/h6-7,10,13-14,19H,2-5,18H2,1H3. The van der Waals surface area contributed by atoms with Crippen molar-refractivity contribution in [2.75, 3.05) is 17.3 Å². The van der Waals surface area contributed by atoms with Crippen molar-refractivity contribution in [3.05, 3.63) is 17.9 Å². The lowest BCUT2D eigenvalue weighted by molar-refractivity contribution is -0.0521. The van der Waals surface area contributed by atoms with Gasteiger partial charge in [-0.3, -0.25) is 0 Å². The number of hydrogen-bond acceptors (Lipinski definition) is 4. The summed E-state index contributed by atoms with van der Waals surface area (Å²) >= 11 is 1.77. The van der Waals surface area contributed by atoms with Gasteiger partial charge in [-0.2, -0.15) is 20.5 Å². The van der Waals surface area contributed by atoms with Crippen LogP contribution in [0.1, 0.15) is 25.7 Å². The highest BCUT2D eigenvalue weighted by atomic mass is 32.2. The molecule has 0 bridgehead atoms. The Bertz CT molecular complexity index is 488.